The van der Waals surface area contributed by atoms with Crippen molar-refractivity contribution in [2.24, 2.45) is 10.7 Å². The Hall–Kier alpha value is 0.350. The number of guanidine groups is 1. The Balaban J connectivity index is 0. The fourth-order valence-corrected chi connectivity index (χ4v) is 1.83. The molecular formula is C12H28IN3S. The first kappa shape index (κ1) is 19.7. The maximum Gasteiger partial charge on any atom is 0.188 e. The van der Waals surface area contributed by atoms with Crippen LogP contribution >= 0.6 is 35.7 Å². The molecule has 0 rings (SSSR count). The summed E-state index contributed by atoms with van der Waals surface area (Å²) in [5.74, 6) is 1.84. The van der Waals surface area contributed by atoms with Crippen LogP contribution in [0.2, 0.25) is 0 Å². The molecule has 0 atom stereocenters. The Morgan fingerprint density at radius 3 is 2.29 bits per heavy atom. The molecule has 5 heteroatoms. The molecule has 0 aromatic heterocycles. The number of nitrogens with two attached hydrogens (primary N) is 1. The van der Waals surface area contributed by atoms with Gasteiger partial charge in [-0.2, -0.15) is 11.8 Å². The average molecular weight is 373 g/mol. The van der Waals surface area contributed by atoms with Gasteiger partial charge in [-0.15, -0.1) is 24.0 Å². The molecule has 0 aliphatic heterocycles. The highest BCUT2D eigenvalue weighted by Crippen LogP contribution is 2.04. The summed E-state index contributed by atoms with van der Waals surface area (Å²) < 4.78 is 0. The molecule has 0 saturated heterocycles. The van der Waals surface area contributed by atoms with Gasteiger partial charge in [-0.3, -0.25) is 4.99 Å². The van der Waals surface area contributed by atoms with E-state index in [0.29, 0.717) is 5.96 Å². The van der Waals surface area contributed by atoms with E-state index >= 15 is 0 Å². The Bertz CT molecular complexity index is 202. The van der Waals surface area contributed by atoms with Crippen molar-refractivity contribution in [1.29, 1.82) is 0 Å². The van der Waals surface area contributed by atoms with E-state index in [9.17, 15) is 0 Å². The lowest BCUT2D eigenvalue weighted by Crippen LogP contribution is -2.45. The lowest BCUT2D eigenvalue weighted by atomic mass is 10.1. The minimum Gasteiger partial charge on any atom is -0.370 e. The predicted octanol–water partition coefficient (Wildman–Crippen LogP) is 3.23. The van der Waals surface area contributed by atoms with Crippen LogP contribution in [-0.2, 0) is 0 Å². The number of unbranched alkanes of at least 4 members (excludes halogenated alkanes) is 3. The van der Waals surface area contributed by atoms with Gasteiger partial charge in [0.05, 0.1) is 0 Å². The summed E-state index contributed by atoms with van der Waals surface area (Å²) in [6.07, 6.45) is 7.18. The van der Waals surface area contributed by atoms with Gasteiger partial charge in [0, 0.05) is 12.1 Å². The molecule has 0 aliphatic carbocycles. The molecule has 17 heavy (non-hydrogen) atoms. The Kier molecular flexibility index (Phi) is 13.2. The minimum atomic E-state index is 0. The van der Waals surface area contributed by atoms with Crippen LogP contribution in [0, 0.1) is 0 Å². The molecule has 0 aromatic rings. The van der Waals surface area contributed by atoms with E-state index < -0.39 is 0 Å². The van der Waals surface area contributed by atoms with Gasteiger partial charge in [0.2, 0.25) is 0 Å². The molecule has 0 fully saturated rings. The normalized spacial score (nSPS) is 12.1. The number of aliphatic imine (C=N–C) groups is 1. The van der Waals surface area contributed by atoms with Crippen molar-refractivity contribution in [1.82, 2.24) is 5.32 Å². The largest absolute Gasteiger partial charge is 0.370 e. The Labute approximate surface area is 128 Å². The smallest absolute Gasteiger partial charge is 0.188 e. The molecule has 0 amide bonds. The van der Waals surface area contributed by atoms with Crippen LogP contribution in [0.1, 0.15) is 46.5 Å². The maximum atomic E-state index is 5.76. The van der Waals surface area contributed by atoms with Crippen molar-refractivity contribution in [2.75, 3.05) is 18.6 Å². The van der Waals surface area contributed by atoms with Crippen LogP contribution in [0.15, 0.2) is 4.99 Å². The highest BCUT2D eigenvalue weighted by atomic mass is 127. The summed E-state index contributed by atoms with van der Waals surface area (Å²) >= 11 is 1.92. The average Bonchev–Trinajstić information content (AvgIpc) is 2.13. The fourth-order valence-electron chi connectivity index (χ4n) is 1.34. The van der Waals surface area contributed by atoms with Gasteiger partial charge in [-0.05, 0) is 45.6 Å². The molecular weight excluding hydrogens is 345 g/mol. The quantitative estimate of drug-likeness (QED) is 0.312. The summed E-state index contributed by atoms with van der Waals surface area (Å²) in [7, 11) is 0. The lowest BCUT2D eigenvalue weighted by Gasteiger charge is -2.20. The van der Waals surface area contributed by atoms with Gasteiger partial charge in [-0.25, -0.2) is 0 Å². The molecule has 3 nitrogen and oxygen atoms in total. The monoisotopic (exact) mass is 373 g/mol. The molecule has 104 valence electrons. The first-order valence-corrected chi connectivity index (χ1v) is 7.42. The molecule has 3 N–H and O–H groups in total. The first-order valence-electron chi connectivity index (χ1n) is 6.03. The first-order chi connectivity index (χ1) is 7.45. The van der Waals surface area contributed by atoms with Crippen molar-refractivity contribution < 1.29 is 0 Å². The SMILES string of the molecule is CSCCCCCCN=C(N)NC(C)(C)C.I. The summed E-state index contributed by atoms with van der Waals surface area (Å²) in [5, 5.41) is 3.15. The van der Waals surface area contributed by atoms with E-state index in [1.807, 2.05) is 11.8 Å². The molecule has 0 aromatic carbocycles. The van der Waals surface area contributed by atoms with Crippen molar-refractivity contribution in [2.45, 2.75) is 52.0 Å². The molecule has 0 bridgehead atoms. The molecule has 0 heterocycles. The Morgan fingerprint density at radius 2 is 1.76 bits per heavy atom. The number of nitrogens with zero attached hydrogens (tertiary/aromatic N) is 1. The van der Waals surface area contributed by atoms with E-state index in [1.54, 1.807) is 0 Å². The van der Waals surface area contributed by atoms with Gasteiger partial charge in [-0.1, -0.05) is 12.8 Å². The van der Waals surface area contributed by atoms with Crippen LogP contribution in [0.5, 0.6) is 0 Å². The van der Waals surface area contributed by atoms with Crippen molar-refractivity contribution in [3.05, 3.63) is 0 Å². The van der Waals surface area contributed by atoms with Gasteiger partial charge in [0.15, 0.2) is 5.96 Å². The molecule has 0 unspecified atom stereocenters. The van der Waals surface area contributed by atoms with Crippen LogP contribution in [0.25, 0.3) is 0 Å². The summed E-state index contributed by atoms with van der Waals surface area (Å²) in [5.41, 5.74) is 5.76. The zero-order valence-electron chi connectivity index (χ0n) is 11.6. The zero-order valence-corrected chi connectivity index (χ0v) is 14.7. The maximum absolute atomic E-state index is 5.76. The van der Waals surface area contributed by atoms with Gasteiger partial charge in [0.1, 0.15) is 0 Å². The van der Waals surface area contributed by atoms with Gasteiger partial charge in [0.25, 0.3) is 0 Å². The number of hydrogen-bond acceptors (Lipinski definition) is 2. The van der Waals surface area contributed by atoms with Crippen molar-refractivity contribution in [3.63, 3.8) is 0 Å². The second kappa shape index (κ2) is 11.4. The third-order valence-corrected chi connectivity index (χ3v) is 2.74. The van der Waals surface area contributed by atoms with Crippen molar-refractivity contribution >= 4 is 41.7 Å². The molecule has 0 saturated carbocycles. The van der Waals surface area contributed by atoms with E-state index in [4.69, 9.17) is 5.73 Å². The van der Waals surface area contributed by atoms with Crippen LogP contribution in [0.4, 0.5) is 0 Å². The fraction of sp³-hybridized carbons (Fsp3) is 0.917. The van der Waals surface area contributed by atoms with Crippen molar-refractivity contribution in [3.8, 4) is 0 Å². The number of hydrogen-bond donors (Lipinski definition) is 2. The number of nitrogens with one attached hydrogen (secondary N) is 1. The third-order valence-electron chi connectivity index (χ3n) is 2.04. The summed E-state index contributed by atoms with van der Waals surface area (Å²) in [4.78, 5) is 4.31. The van der Waals surface area contributed by atoms with E-state index in [0.717, 1.165) is 13.0 Å². The van der Waals surface area contributed by atoms with E-state index in [1.165, 1.54) is 25.0 Å². The zero-order chi connectivity index (χ0) is 12.4. The lowest BCUT2D eigenvalue weighted by molar-refractivity contribution is 0.508. The Morgan fingerprint density at radius 1 is 1.18 bits per heavy atom. The number of thioether (sulfide) groups is 1. The predicted molar refractivity (Wildman–Crippen MR) is 91.6 cm³/mol. The topological polar surface area (TPSA) is 50.4 Å². The molecule has 0 spiro atoms. The highest BCUT2D eigenvalue weighted by molar-refractivity contribution is 14.0. The second-order valence-corrected chi connectivity index (χ2v) is 6.03. The standard InChI is InChI=1S/C12H27N3S.HI/c1-12(2,3)15-11(13)14-9-7-5-6-8-10-16-4;/h5-10H2,1-4H3,(H3,13,14,15);1H. The number of halogens is 1. The molecule has 0 radical (unpaired) electrons. The summed E-state index contributed by atoms with van der Waals surface area (Å²) in [6, 6.07) is 0. The number of rotatable bonds is 7. The van der Waals surface area contributed by atoms with Crippen LogP contribution < -0.4 is 11.1 Å². The highest BCUT2D eigenvalue weighted by Gasteiger charge is 2.09. The summed E-state index contributed by atoms with van der Waals surface area (Å²) in [6.45, 7) is 7.08. The minimum absolute atomic E-state index is 0. The molecule has 0 aliphatic rings. The van der Waals surface area contributed by atoms with Crippen LogP contribution in [0.3, 0.4) is 0 Å². The third kappa shape index (κ3) is 16.4. The van der Waals surface area contributed by atoms with E-state index in [-0.39, 0.29) is 29.5 Å². The van der Waals surface area contributed by atoms with E-state index in [2.05, 4.69) is 37.3 Å². The van der Waals surface area contributed by atoms with Gasteiger partial charge < -0.3 is 11.1 Å². The van der Waals surface area contributed by atoms with Gasteiger partial charge >= 0.3 is 0 Å². The van der Waals surface area contributed by atoms with Crippen LogP contribution in [-0.4, -0.2) is 30.1 Å². The second-order valence-electron chi connectivity index (χ2n) is 5.05.